The van der Waals surface area contributed by atoms with Gasteiger partial charge in [-0.05, 0) is 0 Å². The van der Waals surface area contributed by atoms with Gasteiger partial charge in [-0.2, -0.15) is 0 Å². The fourth-order valence-electron chi connectivity index (χ4n) is 0. The van der Waals surface area contributed by atoms with Gasteiger partial charge >= 0.3 is 0 Å². The number of hydrogen-bond donors (Lipinski definition) is 1. The third-order valence-electron chi connectivity index (χ3n) is 0. The molecular formula is H4F2NTi-. The van der Waals surface area contributed by atoms with E-state index in [1.165, 1.54) is 0 Å². The molecule has 0 saturated heterocycles. The Morgan fingerprint density at radius 1 is 0.750 bits per heavy atom. The fraction of sp³-hybridized carbons (Fsp3) is 0. The van der Waals surface area contributed by atoms with Crippen LogP contribution in [0.25, 0.3) is 0 Å². The maximum atomic E-state index is 0. The Balaban J connectivity index is 0. The summed E-state index contributed by atoms with van der Waals surface area (Å²) in [4.78, 5) is 0. The Kier molecular flexibility index (Phi) is 3940. The molecule has 0 aromatic carbocycles. The standard InChI is InChI=1S/2FH.H3N.Ti/h2*1H;1H3;/p-1. The topological polar surface area (TPSA) is 36.5 Å². The van der Waals surface area contributed by atoms with Crippen molar-refractivity contribution in [3.8, 4) is 0 Å². The fourth-order valence-corrected chi connectivity index (χ4v) is 0. The molecule has 0 spiro atoms. The quantitative estimate of drug-likeness (QED) is 0.297. The average Bonchev–Trinajstić information content (AvgIpc) is 0. The smallest absolute Gasteiger partial charge is 0 e. The van der Waals surface area contributed by atoms with Crippen LogP contribution in [0.3, 0.4) is 0 Å². The molecule has 4 heavy (non-hydrogen) atoms. The van der Waals surface area contributed by atoms with Gasteiger partial charge in [-0.1, -0.05) is 0 Å². The summed E-state index contributed by atoms with van der Waals surface area (Å²) in [7, 11) is 0. The molecule has 1 nitrogen and oxygen atoms in total. The van der Waals surface area contributed by atoms with E-state index in [0.29, 0.717) is 0 Å². The van der Waals surface area contributed by atoms with Crippen LogP contribution in [-0.2, 0) is 21.7 Å². The molecule has 0 aromatic heterocycles. The molecule has 0 heterocycles. The van der Waals surface area contributed by atoms with Gasteiger partial charge in [-0.15, -0.1) is 0 Å². The maximum Gasteiger partial charge on any atom is 0 e. The Bertz CT molecular complexity index is 6.00. The Morgan fingerprint density at radius 3 is 0.750 bits per heavy atom. The summed E-state index contributed by atoms with van der Waals surface area (Å²) in [6.07, 6.45) is 0. The molecule has 0 saturated carbocycles. The van der Waals surface area contributed by atoms with Gasteiger partial charge in [0.1, 0.15) is 0 Å². The minimum Gasteiger partial charge on any atom is -1.00 e. The summed E-state index contributed by atoms with van der Waals surface area (Å²) in [5.74, 6) is 0. The molecule has 0 aliphatic carbocycles. The summed E-state index contributed by atoms with van der Waals surface area (Å²) < 4.78 is 0. The van der Waals surface area contributed by atoms with E-state index in [9.17, 15) is 0 Å². The van der Waals surface area contributed by atoms with Crippen LogP contribution in [0, 0.1) is 0 Å². The zero-order valence-corrected chi connectivity index (χ0v) is 3.82. The van der Waals surface area contributed by atoms with Gasteiger partial charge in [0.05, 0.1) is 0 Å². The van der Waals surface area contributed by atoms with E-state index < -0.39 is 0 Å². The molecule has 4 N–H and O–H groups in total. The first kappa shape index (κ1) is 198. The van der Waals surface area contributed by atoms with Crippen molar-refractivity contribution < 1.29 is 31.1 Å². The van der Waals surface area contributed by atoms with Crippen LogP contribution in [0.5, 0.6) is 0 Å². The predicted molar refractivity (Wildman–Crippen MR) is 5.98 cm³/mol. The molecule has 0 rings (SSSR count). The molecule has 4 heteroatoms. The van der Waals surface area contributed by atoms with Crippen LogP contribution < -0.4 is 15.6 Å². The molecule has 0 amide bonds. The summed E-state index contributed by atoms with van der Waals surface area (Å²) >= 11 is 0. The molecule has 0 radical (unpaired) electrons. The first-order chi connectivity index (χ1) is 0. The minimum atomic E-state index is 0. The molecule has 0 aliphatic heterocycles. The van der Waals surface area contributed by atoms with Crippen LogP contribution in [0.1, 0.15) is 0 Å². The molecule has 28 valence electrons. The normalized spacial score (nSPS) is 0. The molecule has 0 aliphatic rings. The van der Waals surface area contributed by atoms with Crippen molar-refractivity contribution in [3.05, 3.63) is 0 Å². The van der Waals surface area contributed by atoms with Gasteiger partial charge in [-0.3, -0.25) is 0 Å². The van der Waals surface area contributed by atoms with Crippen LogP contribution in [0.2, 0.25) is 0 Å². The van der Waals surface area contributed by atoms with Crippen LogP contribution in [0.15, 0.2) is 0 Å². The zero-order valence-electron chi connectivity index (χ0n) is 2.26. The number of halogens is 2. The van der Waals surface area contributed by atoms with E-state index in [4.69, 9.17) is 0 Å². The van der Waals surface area contributed by atoms with Crippen molar-refractivity contribution in [2.75, 3.05) is 0 Å². The summed E-state index contributed by atoms with van der Waals surface area (Å²) in [6, 6.07) is 0. The minimum absolute atomic E-state index is 0. The molecule has 0 fully saturated rings. The summed E-state index contributed by atoms with van der Waals surface area (Å²) in [6.45, 7) is 0. The van der Waals surface area contributed by atoms with Gasteiger partial charge < -0.3 is 15.6 Å². The third-order valence-corrected chi connectivity index (χ3v) is 0. The van der Waals surface area contributed by atoms with Gasteiger partial charge in [-0.25, -0.2) is 0 Å². The Labute approximate surface area is 38.0 Å². The SMILES string of the molecule is [F-].[F-].[NH4+].[Ti]. The zero-order chi connectivity index (χ0) is 0. The monoisotopic (exact) mass is 104 g/mol. The molecule has 0 bridgehead atoms. The maximum absolute atomic E-state index is 0. The second-order valence-corrected chi connectivity index (χ2v) is 0. The van der Waals surface area contributed by atoms with E-state index >= 15 is 0 Å². The van der Waals surface area contributed by atoms with E-state index in [1.807, 2.05) is 0 Å². The predicted octanol–water partition coefficient (Wildman–Crippen LogP) is -5.62. The second kappa shape index (κ2) is 79.5. The van der Waals surface area contributed by atoms with Crippen LogP contribution in [0.4, 0.5) is 0 Å². The van der Waals surface area contributed by atoms with Gasteiger partial charge in [0.25, 0.3) is 0 Å². The van der Waals surface area contributed by atoms with Crippen molar-refractivity contribution in [3.63, 3.8) is 0 Å². The van der Waals surface area contributed by atoms with Crippen molar-refractivity contribution in [2.24, 2.45) is 0 Å². The van der Waals surface area contributed by atoms with Crippen LogP contribution in [-0.4, -0.2) is 0 Å². The summed E-state index contributed by atoms with van der Waals surface area (Å²) in [5.41, 5.74) is 0. The van der Waals surface area contributed by atoms with Gasteiger partial charge in [0, 0.05) is 21.7 Å². The third kappa shape index (κ3) is 20.9. The van der Waals surface area contributed by atoms with Crippen molar-refractivity contribution in [2.45, 2.75) is 0 Å². The largest absolute Gasteiger partial charge is 1.00 e. The van der Waals surface area contributed by atoms with Crippen molar-refractivity contribution in [1.82, 2.24) is 6.15 Å². The van der Waals surface area contributed by atoms with E-state index in [1.54, 1.807) is 0 Å². The molecule has 0 aromatic rings. The Morgan fingerprint density at radius 2 is 0.750 bits per heavy atom. The molecule has 0 unspecified atom stereocenters. The van der Waals surface area contributed by atoms with Crippen molar-refractivity contribution in [1.29, 1.82) is 0 Å². The second-order valence-electron chi connectivity index (χ2n) is 0. The first-order valence-corrected chi connectivity index (χ1v) is 0. The number of hydrogen-bond acceptors (Lipinski definition) is 0. The molecular weight excluding hydrogens is 99.9 g/mol. The summed E-state index contributed by atoms with van der Waals surface area (Å²) in [5, 5.41) is 0. The van der Waals surface area contributed by atoms with Crippen LogP contribution >= 0.6 is 0 Å². The number of rotatable bonds is 0. The first-order valence-electron chi connectivity index (χ1n) is 0. The van der Waals surface area contributed by atoms with E-state index in [2.05, 4.69) is 0 Å². The molecule has 0 atom stereocenters. The average molecular weight is 104 g/mol. The van der Waals surface area contributed by atoms with Gasteiger partial charge in [0.15, 0.2) is 0 Å². The Hall–Kier alpha value is 0.534. The van der Waals surface area contributed by atoms with E-state index in [-0.39, 0.29) is 37.3 Å². The van der Waals surface area contributed by atoms with Crippen molar-refractivity contribution >= 4 is 0 Å². The van der Waals surface area contributed by atoms with E-state index in [0.717, 1.165) is 0 Å². The van der Waals surface area contributed by atoms with Gasteiger partial charge in [0.2, 0.25) is 0 Å². The number of quaternary nitrogens is 1.